The van der Waals surface area contributed by atoms with Crippen LogP contribution in [0, 0.1) is 13.8 Å². The number of nitrogens with one attached hydrogen (secondary N) is 1. The first-order chi connectivity index (χ1) is 9.61. The predicted octanol–water partition coefficient (Wildman–Crippen LogP) is 3.32. The van der Waals surface area contributed by atoms with E-state index < -0.39 is 0 Å². The van der Waals surface area contributed by atoms with Gasteiger partial charge in [0.2, 0.25) is 5.91 Å². The summed E-state index contributed by atoms with van der Waals surface area (Å²) in [5.74, 6) is 0.340. The summed E-state index contributed by atoms with van der Waals surface area (Å²) in [6.07, 6.45) is 5.00. The van der Waals surface area contributed by atoms with Crippen molar-refractivity contribution in [2.45, 2.75) is 52.0 Å². The van der Waals surface area contributed by atoms with Crippen molar-refractivity contribution in [2.24, 2.45) is 0 Å². The maximum Gasteiger partial charge on any atom is 0.222 e. The third-order valence-corrected chi connectivity index (χ3v) is 5.13. The van der Waals surface area contributed by atoms with Crippen molar-refractivity contribution in [1.29, 1.82) is 0 Å². The predicted molar refractivity (Wildman–Crippen MR) is 92.6 cm³/mol. The van der Waals surface area contributed by atoms with E-state index >= 15 is 0 Å². The summed E-state index contributed by atoms with van der Waals surface area (Å²) in [6.45, 7) is 6.20. The highest BCUT2D eigenvalue weighted by molar-refractivity contribution is 7.12. The van der Waals surface area contributed by atoms with Crippen molar-refractivity contribution in [3.8, 4) is 0 Å². The largest absolute Gasteiger partial charge is 0.338 e. The topological polar surface area (TPSA) is 32.3 Å². The standard InChI is InChI=1S/C16H26N2OS.ClH/c1-12-10-14(13(2)20-12)6-4-8-16(19)18-9-5-7-15(18)11-17-3;/h10,15,17H,4-9,11H2,1-3H3;1H. The summed E-state index contributed by atoms with van der Waals surface area (Å²) in [4.78, 5) is 17.2. The van der Waals surface area contributed by atoms with Gasteiger partial charge in [-0.3, -0.25) is 4.79 Å². The number of hydrogen-bond donors (Lipinski definition) is 1. The molecule has 1 fully saturated rings. The average Bonchev–Trinajstić information content (AvgIpc) is 2.97. The van der Waals surface area contributed by atoms with Crippen LogP contribution in [0.25, 0.3) is 0 Å². The lowest BCUT2D eigenvalue weighted by Gasteiger charge is -2.24. The smallest absolute Gasteiger partial charge is 0.222 e. The zero-order chi connectivity index (χ0) is 14.5. The van der Waals surface area contributed by atoms with Crippen LogP contribution in [-0.2, 0) is 11.2 Å². The molecular weight excluding hydrogens is 304 g/mol. The number of likely N-dealkylation sites (N-methyl/N-ethyl adjacent to an activating group) is 1. The van der Waals surface area contributed by atoms with Crippen LogP contribution in [0.5, 0.6) is 0 Å². The van der Waals surface area contributed by atoms with E-state index in [1.165, 1.54) is 15.3 Å². The van der Waals surface area contributed by atoms with E-state index in [-0.39, 0.29) is 12.4 Å². The van der Waals surface area contributed by atoms with Gasteiger partial charge in [0, 0.05) is 35.3 Å². The van der Waals surface area contributed by atoms with E-state index in [1.807, 2.05) is 18.4 Å². The van der Waals surface area contributed by atoms with E-state index in [4.69, 9.17) is 0 Å². The van der Waals surface area contributed by atoms with Gasteiger partial charge in [0.05, 0.1) is 0 Å². The normalized spacial score (nSPS) is 17.9. The van der Waals surface area contributed by atoms with Crippen LogP contribution >= 0.6 is 23.7 Å². The Hall–Kier alpha value is -0.580. The average molecular weight is 331 g/mol. The van der Waals surface area contributed by atoms with Crippen molar-refractivity contribution < 1.29 is 4.79 Å². The molecular formula is C16H27ClN2OS. The van der Waals surface area contributed by atoms with Crippen molar-refractivity contribution in [3.63, 3.8) is 0 Å². The van der Waals surface area contributed by atoms with Crippen molar-refractivity contribution in [2.75, 3.05) is 20.1 Å². The zero-order valence-corrected chi connectivity index (χ0v) is 14.9. The molecule has 1 aliphatic rings. The Bertz CT molecular complexity index is 461. The molecule has 1 unspecified atom stereocenters. The van der Waals surface area contributed by atoms with Gasteiger partial charge in [-0.25, -0.2) is 0 Å². The summed E-state index contributed by atoms with van der Waals surface area (Å²) in [6, 6.07) is 2.68. The first-order valence-corrected chi connectivity index (χ1v) is 8.43. The Labute approximate surface area is 138 Å². The highest BCUT2D eigenvalue weighted by Crippen LogP contribution is 2.23. The molecule has 2 heterocycles. The first-order valence-electron chi connectivity index (χ1n) is 7.61. The minimum atomic E-state index is 0. The van der Waals surface area contributed by atoms with Gasteiger partial charge in [0.25, 0.3) is 0 Å². The highest BCUT2D eigenvalue weighted by Gasteiger charge is 2.27. The number of carbonyl (C=O) groups excluding carboxylic acids is 1. The minimum Gasteiger partial charge on any atom is -0.338 e. The Morgan fingerprint density at radius 3 is 2.86 bits per heavy atom. The number of nitrogens with zero attached hydrogens (tertiary/aromatic N) is 1. The van der Waals surface area contributed by atoms with Gasteiger partial charge in [0.15, 0.2) is 0 Å². The van der Waals surface area contributed by atoms with E-state index in [0.717, 1.165) is 38.8 Å². The Kier molecular flexibility index (Phi) is 7.71. The molecule has 1 aromatic rings. The summed E-state index contributed by atoms with van der Waals surface area (Å²) in [7, 11) is 1.96. The fourth-order valence-electron chi connectivity index (χ4n) is 3.12. The summed E-state index contributed by atoms with van der Waals surface area (Å²) >= 11 is 1.86. The Balaban J connectivity index is 0.00000220. The van der Waals surface area contributed by atoms with E-state index in [0.29, 0.717) is 18.4 Å². The number of halogens is 1. The van der Waals surface area contributed by atoms with Crippen LogP contribution in [0.2, 0.25) is 0 Å². The number of aryl methyl sites for hydroxylation is 3. The van der Waals surface area contributed by atoms with Gasteiger partial charge in [-0.2, -0.15) is 0 Å². The van der Waals surface area contributed by atoms with Crippen LogP contribution in [0.1, 0.15) is 41.0 Å². The van der Waals surface area contributed by atoms with Crippen molar-refractivity contribution in [3.05, 3.63) is 21.4 Å². The molecule has 3 nitrogen and oxygen atoms in total. The fourth-order valence-corrected chi connectivity index (χ4v) is 4.09. The molecule has 120 valence electrons. The van der Waals surface area contributed by atoms with Gasteiger partial charge in [0.1, 0.15) is 0 Å². The molecule has 1 atom stereocenters. The monoisotopic (exact) mass is 330 g/mol. The molecule has 21 heavy (non-hydrogen) atoms. The molecule has 0 saturated carbocycles. The van der Waals surface area contributed by atoms with Crippen LogP contribution in [0.15, 0.2) is 6.07 Å². The number of rotatable bonds is 6. The third kappa shape index (κ3) is 4.97. The Morgan fingerprint density at radius 2 is 2.24 bits per heavy atom. The number of hydrogen-bond acceptors (Lipinski definition) is 3. The van der Waals surface area contributed by atoms with Gasteiger partial charge < -0.3 is 10.2 Å². The van der Waals surface area contributed by atoms with Crippen LogP contribution in [0.4, 0.5) is 0 Å². The molecule has 0 bridgehead atoms. The zero-order valence-electron chi connectivity index (χ0n) is 13.3. The summed E-state index contributed by atoms with van der Waals surface area (Å²) in [5.41, 5.74) is 1.42. The maximum atomic E-state index is 12.3. The van der Waals surface area contributed by atoms with Crippen molar-refractivity contribution >= 4 is 29.7 Å². The van der Waals surface area contributed by atoms with Crippen LogP contribution < -0.4 is 5.32 Å². The summed E-state index contributed by atoms with van der Waals surface area (Å²) in [5, 5.41) is 3.19. The van der Waals surface area contributed by atoms with E-state index in [1.54, 1.807) is 0 Å². The lowest BCUT2D eigenvalue weighted by molar-refractivity contribution is -0.132. The van der Waals surface area contributed by atoms with E-state index in [2.05, 4.69) is 30.1 Å². The summed E-state index contributed by atoms with van der Waals surface area (Å²) < 4.78 is 0. The first kappa shape index (κ1) is 18.5. The molecule has 0 spiro atoms. The van der Waals surface area contributed by atoms with Crippen LogP contribution in [0.3, 0.4) is 0 Å². The number of likely N-dealkylation sites (tertiary alicyclic amines) is 1. The second-order valence-electron chi connectivity index (χ2n) is 5.73. The SMILES string of the molecule is CNCC1CCCN1C(=O)CCCc1cc(C)sc1C.Cl. The lowest BCUT2D eigenvalue weighted by Crippen LogP contribution is -2.40. The Morgan fingerprint density at radius 1 is 1.48 bits per heavy atom. The lowest BCUT2D eigenvalue weighted by atomic mass is 10.1. The van der Waals surface area contributed by atoms with Crippen molar-refractivity contribution in [1.82, 2.24) is 10.2 Å². The van der Waals surface area contributed by atoms with Gasteiger partial charge >= 0.3 is 0 Å². The van der Waals surface area contributed by atoms with Gasteiger partial charge in [-0.15, -0.1) is 23.7 Å². The minimum absolute atomic E-state index is 0. The number of thiophene rings is 1. The molecule has 1 amide bonds. The van der Waals surface area contributed by atoms with Gasteiger partial charge in [-0.1, -0.05) is 0 Å². The molecule has 5 heteroatoms. The molecule has 0 aromatic carbocycles. The van der Waals surface area contributed by atoms with E-state index in [9.17, 15) is 4.79 Å². The maximum absolute atomic E-state index is 12.3. The molecule has 1 aliphatic heterocycles. The highest BCUT2D eigenvalue weighted by atomic mass is 35.5. The molecule has 1 N–H and O–H groups in total. The quantitative estimate of drug-likeness (QED) is 0.867. The molecule has 1 aromatic heterocycles. The molecule has 1 saturated heterocycles. The number of carbonyl (C=O) groups is 1. The van der Waals surface area contributed by atoms with Gasteiger partial charge in [-0.05, 0) is 58.2 Å². The molecule has 0 radical (unpaired) electrons. The third-order valence-electron chi connectivity index (χ3n) is 4.12. The second kappa shape index (κ2) is 8.76. The second-order valence-corrected chi connectivity index (χ2v) is 7.19. The molecule has 2 rings (SSSR count). The fraction of sp³-hybridized carbons (Fsp3) is 0.688. The molecule has 0 aliphatic carbocycles. The number of amides is 1. The van der Waals surface area contributed by atoms with Crippen LogP contribution in [-0.4, -0.2) is 37.0 Å².